The van der Waals surface area contributed by atoms with Gasteiger partial charge in [0.1, 0.15) is 0 Å². The van der Waals surface area contributed by atoms with E-state index in [0.717, 1.165) is 22.1 Å². The Bertz CT molecular complexity index is 304. The van der Waals surface area contributed by atoms with Crippen LogP contribution in [-0.2, 0) is 0 Å². The molecule has 1 aromatic rings. The van der Waals surface area contributed by atoms with E-state index >= 15 is 0 Å². The van der Waals surface area contributed by atoms with Crippen molar-refractivity contribution in [3.8, 4) is 0 Å². The summed E-state index contributed by atoms with van der Waals surface area (Å²) in [6, 6.07) is 0.527. The Morgan fingerprint density at radius 1 is 1.62 bits per heavy atom. The zero-order valence-corrected chi connectivity index (χ0v) is 9.84. The minimum atomic E-state index is 0.527. The number of hydrogen-bond acceptors (Lipinski definition) is 4. The summed E-state index contributed by atoms with van der Waals surface area (Å²) < 4.78 is 0.747. The van der Waals surface area contributed by atoms with Gasteiger partial charge in [0.25, 0.3) is 0 Å². The summed E-state index contributed by atoms with van der Waals surface area (Å²) in [5.74, 6) is 0. The first-order valence-electron chi connectivity index (χ1n) is 4.51. The van der Waals surface area contributed by atoms with Gasteiger partial charge in [-0.2, -0.15) is 0 Å². The number of hydrogen-bond donors (Lipinski definition) is 1. The molecule has 3 nitrogen and oxygen atoms in total. The van der Waals surface area contributed by atoms with Crippen LogP contribution in [0.5, 0.6) is 0 Å². The van der Waals surface area contributed by atoms with Crippen LogP contribution in [0, 0.1) is 3.95 Å². The van der Waals surface area contributed by atoms with Crippen molar-refractivity contribution in [1.29, 1.82) is 0 Å². The van der Waals surface area contributed by atoms with Gasteiger partial charge in [0.15, 0.2) is 3.95 Å². The normalized spacial score (nSPS) is 12.8. The molecular formula is C8H15N3S2. The maximum absolute atomic E-state index is 5.00. The number of nitrogens with one attached hydrogen (secondary N) is 1. The van der Waals surface area contributed by atoms with Crippen LogP contribution in [0.3, 0.4) is 0 Å². The zero-order chi connectivity index (χ0) is 9.84. The van der Waals surface area contributed by atoms with Crippen molar-refractivity contribution in [2.75, 3.05) is 11.4 Å². The van der Waals surface area contributed by atoms with Gasteiger partial charge in [-0.1, -0.05) is 18.3 Å². The monoisotopic (exact) mass is 217 g/mol. The predicted molar refractivity (Wildman–Crippen MR) is 60.1 cm³/mol. The van der Waals surface area contributed by atoms with E-state index in [1.54, 1.807) is 0 Å². The Morgan fingerprint density at radius 2 is 2.31 bits per heavy atom. The molecule has 5 heteroatoms. The topological polar surface area (TPSA) is 31.9 Å². The molecular weight excluding hydrogens is 202 g/mol. The number of aromatic amines is 1. The largest absolute Gasteiger partial charge is 0.344 e. The summed E-state index contributed by atoms with van der Waals surface area (Å²) in [5.41, 5.74) is 0. The van der Waals surface area contributed by atoms with Crippen molar-refractivity contribution >= 4 is 28.7 Å². The lowest BCUT2D eigenvalue weighted by Gasteiger charge is -2.25. The Labute approximate surface area is 87.8 Å². The summed E-state index contributed by atoms with van der Waals surface area (Å²) in [4.78, 5) is 2.26. The van der Waals surface area contributed by atoms with E-state index in [4.69, 9.17) is 12.2 Å². The number of aromatic nitrogens is 2. The predicted octanol–water partition coefficient (Wildman–Crippen LogP) is 2.83. The lowest BCUT2D eigenvalue weighted by Crippen LogP contribution is -2.32. The summed E-state index contributed by atoms with van der Waals surface area (Å²) in [7, 11) is 0. The standard InChI is InChI=1S/C8H15N3S2/c1-4-6(3)11(5-2)7-9-10-8(12)13-7/h6H,4-5H2,1-3H3,(H,10,12). The molecule has 0 fully saturated rings. The van der Waals surface area contributed by atoms with Crippen LogP contribution in [0.25, 0.3) is 0 Å². The fraction of sp³-hybridized carbons (Fsp3) is 0.750. The number of H-pyrrole nitrogens is 1. The third kappa shape index (κ3) is 2.51. The average Bonchev–Trinajstić information content (AvgIpc) is 2.53. The van der Waals surface area contributed by atoms with E-state index in [2.05, 4.69) is 35.9 Å². The molecule has 1 heterocycles. The van der Waals surface area contributed by atoms with E-state index in [0.29, 0.717) is 6.04 Å². The first kappa shape index (κ1) is 10.7. The van der Waals surface area contributed by atoms with Gasteiger partial charge in [-0.25, -0.2) is 0 Å². The van der Waals surface area contributed by atoms with Gasteiger partial charge in [0.05, 0.1) is 0 Å². The van der Waals surface area contributed by atoms with E-state index in [1.807, 2.05) is 0 Å². The van der Waals surface area contributed by atoms with E-state index < -0.39 is 0 Å². The number of anilines is 1. The maximum atomic E-state index is 5.00. The summed E-state index contributed by atoms with van der Waals surface area (Å²) in [5, 5.41) is 7.98. The van der Waals surface area contributed by atoms with Gasteiger partial charge < -0.3 is 4.90 Å². The molecule has 13 heavy (non-hydrogen) atoms. The van der Waals surface area contributed by atoms with Crippen molar-refractivity contribution in [3.63, 3.8) is 0 Å². The smallest absolute Gasteiger partial charge is 0.207 e. The van der Waals surface area contributed by atoms with Crippen molar-refractivity contribution in [3.05, 3.63) is 3.95 Å². The highest BCUT2D eigenvalue weighted by Crippen LogP contribution is 2.20. The van der Waals surface area contributed by atoms with Crippen LogP contribution in [-0.4, -0.2) is 22.8 Å². The molecule has 1 unspecified atom stereocenters. The van der Waals surface area contributed by atoms with Gasteiger partial charge in [-0.3, -0.25) is 5.10 Å². The van der Waals surface area contributed by atoms with Gasteiger partial charge in [-0.05, 0) is 32.5 Å². The molecule has 0 saturated carbocycles. The molecule has 0 aliphatic carbocycles. The molecule has 0 spiro atoms. The Kier molecular flexibility index (Phi) is 3.87. The van der Waals surface area contributed by atoms with Crippen molar-refractivity contribution in [2.45, 2.75) is 33.2 Å². The van der Waals surface area contributed by atoms with Crippen molar-refractivity contribution in [2.24, 2.45) is 0 Å². The van der Waals surface area contributed by atoms with Crippen LogP contribution in [0.15, 0.2) is 0 Å². The average molecular weight is 217 g/mol. The molecule has 1 N–H and O–H groups in total. The fourth-order valence-electron chi connectivity index (χ4n) is 1.20. The quantitative estimate of drug-likeness (QED) is 0.787. The Morgan fingerprint density at radius 3 is 2.69 bits per heavy atom. The lowest BCUT2D eigenvalue weighted by molar-refractivity contribution is 0.626. The third-order valence-electron chi connectivity index (χ3n) is 2.14. The van der Waals surface area contributed by atoms with Gasteiger partial charge >= 0.3 is 0 Å². The Hall–Kier alpha value is -0.420. The molecule has 0 aliphatic rings. The molecule has 74 valence electrons. The van der Waals surface area contributed by atoms with Crippen LogP contribution >= 0.6 is 23.6 Å². The summed E-state index contributed by atoms with van der Waals surface area (Å²) >= 11 is 6.53. The van der Waals surface area contributed by atoms with Crippen LogP contribution < -0.4 is 4.90 Å². The highest BCUT2D eigenvalue weighted by atomic mass is 32.1. The van der Waals surface area contributed by atoms with Gasteiger partial charge in [-0.15, -0.1) is 5.10 Å². The lowest BCUT2D eigenvalue weighted by atomic mass is 10.2. The molecule has 0 aromatic carbocycles. The van der Waals surface area contributed by atoms with E-state index in [9.17, 15) is 0 Å². The summed E-state index contributed by atoms with van der Waals surface area (Å²) in [6.07, 6.45) is 1.13. The summed E-state index contributed by atoms with van der Waals surface area (Å²) in [6.45, 7) is 7.49. The maximum Gasteiger partial charge on any atom is 0.207 e. The molecule has 1 aromatic heterocycles. The molecule has 0 saturated heterocycles. The number of rotatable bonds is 4. The van der Waals surface area contributed by atoms with Crippen LogP contribution in [0.4, 0.5) is 5.13 Å². The molecule has 0 amide bonds. The SMILES string of the molecule is CCC(C)N(CC)c1n[nH]c(=S)s1. The third-order valence-corrected chi connectivity index (χ3v) is 3.26. The second kappa shape index (κ2) is 4.72. The minimum Gasteiger partial charge on any atom is -0.344 e. The van der Waals surface area contributed by atoms with Crippen molar-refractivity contribution in [1.82, 2.24) is 10.2 Å². The first-order chi connectivity index (χ1) is 6.19. The van der Waals surface area contributed by atoms with Crippen molar-refractivity contribution < 1.29 is 0 Å². The second-order valence-electron chi connectivity index (χ2n) is 2.94. The molecule has 1 rings (SSSR count). The molecule has 1 atom stereocenters. The highest BCUT2D eigenvalue weighted by molar-refractivity contribution is 7.73. The Balaban J connectivity index is 2.83. The molecule has 0 bridgehead atoms. The minimum absolute atomic E-state index is 0.527. The van der Waals surface area contributed by atoms with Crippen LogP contribution in [0.1, 0.15) is 27.2 Å². The number of nitrogens with zero attached hydrogens (tertiary/aromatic N) is 2. The highest BCUT2D eigenvalue weighted by Gasteiger charge is 2.13. The first-order valence-corrected chi connectivity index (χ1v) is 5.73. The molecule has 0 aliphatic heterocycles. The van der Waals surface area contributed by atoms with Gasteiger partial charge in [0, 0.05) is 12.6 Å². The van der Waals surface area contributed by atoms with Crippen LogP contribution in [0.2, 0.25) is 0 Å². The van der Waals surface area contributed by atoms with Gasteiger partial charge in [0.2, 0.25) is 5.13 Å². The van der Waals surface area contributed by atoms with E-state index in [-0.39, 0.29) is 0 Å². The second-order valence-corrected chi connectivity index (χ2v) is 4.58. The fourth-order valence-corrected chi connectivity index (χ4v) is 2.24. The zero-order valence-electron chi connectivity index (χ0n) is 8.20. The molecule has 0 radical (unpaired) electrons. The van der Waals surface area contributed by atoms with E-state index in [1.165, 1.54) is 11.3 Å².